The van der Waals surface area contributed by atoms with E-state index in [9.17, 15) is 9.18 Å². The minimum Gasteiger partial charge on any atom is -0.497 e. The van der Waals surface area contributed by atoms with Crippen LogP contribution in [-0.4, -0.2) is 50.7 Å². The van der Waals surface area contributed by atoms with E-state index in [4.69, 9.17) is 4.74 Å². The number of benzene rings is 2. The highest BCUT2D eigenvalue weighted by Crippen LogP contribution is 2.39. The molecular weight excluding hydrogens is 411 g/mol. The zero-order valence-corrected chi connectivity index (χ0v) is 17.3. The average Bonchev–Trinajstić information content (AvgIpc) is 3.42. The van der Waals surface area contributed by atoms with Crippen molar-refractivity contribution in [3.63, 3.8) is 0 Å². The number of nitrogens with zero attached hydrogens (tertiary/aromatic N) is 4. The molecule has 1 aromatic heterocycles. The summed E-state index contributed by atoms with van der Waals surface area (Å²) in [6.07, 6.45) is 1.61. The van der Waals surface area contributed by atoms with Crippen molar-refractivity contribution in [2.75, 3.05) is 25.2 Å². The van der Waals surface area contributed by atoms with Gasteiger partial charge in [-0.15, -0.1) is 22.0 Å². The maximum Gasteiger partial charge on any atom is 0.234 e. The molecule has 2 heterocycles. The second-order valence-corrected chi connectivity index (χ2v) is 8.44. The molecule has 1 atom stereocenters. The summed E-state index contributed by atoms with van der Waals surface area (Å²) < 4.78 is 21.3. The molecule has 29 heavy (non-hydrogen) atoms. The number of aromatic nitrogens is 3. The summed E-state index contributed by atoms with van der Waals surface area (Å²) >= 11 is 2.89. The summed E-state index contributed by atoms with van der Waals surface area (Å²) in [6, 6.07) is 14.2. The fourth-order valence-electron chi connectivity index (χ4n) is 3.13. The summed E-state index contributed by atoms with van der Waals surface area (Å²) in [5, 5.41) is 8.43. The van der Waals surface area contributed by atoms with Gasteiger partial charge in [0.1, 0.15) is 23.3 Å². The van der Waals surface area contributed by atoms with Gasteiger partial charge >= 0.3 is 0 Å². The van der Waals surface area contributed by atoms with Crippen LogP contribution in [0.1, 0.15) is 10.9 Å². The monoisotopic (exact) mass is 430 g/mol. The van der Waals surface area contributed by atoms with Crippen LogP contribution in [0.15, 0.2) is 60.0 Å². The zero-order valence-electron chi connectivity index (χ0n) is 15.7. The predicted molar refractivity (Wildman–Crippen MR) is 112 cm³/mol. The number of halogens is 1. The van der Waals surface area contributed by atoms with E-state index in [1.165, 1.54) is 17.8 Å². The van der Waals surface area contributed by atoms with Gasteiger partial charge in [0, 0.05) is 23.9 Å². The third-order valence-corrected chi connectivity index (χ3v) is 6.73. The Morgan fingerprint density at radius 3 is 3.00 bits per heavy atom. The van der Waals surface area contributed by atoms with Crippen LogP contribution in [0.25, 0.3) is 5.69 Å². The van der Waals surface area contributed by atoms with Gasteiger partial charge < -0.3 is 9.64 Å². The Balaban J connectivity index is 1.47. The summed E-state index contributed by atoms with van der Waals surface area (Å²) in [6.45, 7) is 0.603. The van der Waals surface area contributed by atoms with Crippen molar-refractivity contribution in [2.45, 2.75) is 10.5 Å². The molecule has 0 N–H and O–H groups in total. The molecule has 6 nitrogen and oxygen atoms in total. The van der Waals surface area contributed by atoms with Crippen LogP contribution in [0, 0.1) is 5.82 Å². The molecule has 3 aromatic rings. The quantitative estimate of drug-likeness (QED) is 0.555. The Labute approximate surface area is 176 Å². The number of ether oxygens (including phenoxy) is 1. The lowest BCUT2D eigenvalue weighted by atomic mass is 10.2. The summed E-state index contributed by atoms with van der Waals surface area (Å²) in [5.41, 5.74) is 1.40. The molecule has 0 aliphatic carbocycles. The molecule has 1 amide bonds. The van der Waals surface area contributed by atoms with E-state index >= 15 is 0 Å². The third kappa shape index (κ3) is 4.25. The third-order valence-electron chi connectivity index (χ3n) is 4.56. The Morgan fingerprint density at radius 1 is 1.31 bits per heavy atom. The number of hydrogen-bond donors (Lipinski definition) is 0. The number of carbonyl (C=O) groups excluding carboxylic acids is 1. The minimum absolute atomic E-state index is 0.0477. The van der Waals surface area contributed by atoms with Gasteiger partial charge in [-0.3, -0.25) is 9.36 Å². The van der Waals surface area contributed by atoms with E-state index in [1.54, 1.807) is 48.3 Å². The molecule has 1 aliphatic heterocycles. The Kier molecular flexibility index (Phi) is 6.05. The SMILES string of the molecule is COc1cccc(-n2cnnc2SCC(=O)N2CCS[C@H]2c2ccccc2F)c1. The highest BCUT2D eigenvalue weighted by Gasteiger charge is 2.32. The van der Waals surface area contributed by atoms with Crippen molar-refractivity contribution in [3.8, 4) is 11.4 Å². The van der Waals surface area contributed by atoms with Crippen molar-refractivity contribution >= 4 is 29.4 Å². The molecule has 1 fully saturated rings. The first-order chi connectivity index (χ1) is 14.2. The molecule has 0 bridgehead atoms. The summed E-state index contributed by atoms with van der Waals surface area (Å²) in [5.74, 6) is 1.39. The summed E-state index contributed by atoms with van der Waals surface area (Å²) in [4.78, 5) is 14.6. The molecule has 0 unspecified atom stereocenters. The molecule has 150 valence electrons. The van der Waals surface area contributed by atoms with Crippen LogP contribution in [0.4, 0.5) is 4.39 Å². The maximum absolute atomic E-state index is 14.2. The lowest BCUT2D eigenvalue weighted by Gasteiger charge is -2.24. The van der Waals surface area contributed by atoms with E-state index in [0.717, 1.165) is 17.2 Å². The molecule has 0 spiro atoms. The minimum atomic E-state index is -0.291. The Hall–Kier alpha value is -2.52. The highest BCUT2D eigenvalue weighted by molar-refractivity contribution is 8.00. The molecule has 9 heteroatoms. The van der Waals surface area contributed by atoms with Gasteiger partial charge in [0.15, 0.2) is 5.16 Å². The first-order valence-corrected chi connectivity index (χ1v) is 11.0. The number of rotatable bonds is 6. The maximum atomic E-state index is 14.2. The number of carbonyl (C=O) groups is 1. The van der Waals surface area contributed by atoms with Crippen LogP contribution in [0.3, 0.4) is 0 Å². The fourth-order valence-corrected chi connectivity index (χ4v) is 5.24. The number of amides is 1. The molecule has 0 saturated carbocycles. The van der Waals surface area contributed by atoms with Gasteiger partial charge in [-0.25, -0.2) is 4.39 Å². The van der Waals surface area contributed by atoms with Crippen LogP contribution in [0.5, 0.6) is 5.75 Å². The van der Waals surface area contributed by atoms with Crippen LogP contribution < -0.4 is 4.74 Å². The largest absolute Gasteiger partial charge is 0.497 e. The van der Waals surface area contributed by atoms with Crippen molar-refractivity contribution in [2.24, 2.45) is 0 Å². The number of hydrogen-bond acceptors (Lipinski definition) is 6. The normalized spacial score (nSPS) is 16.2. The van der Waals surface area contributed by atoms with E-state index in [0.29, 0.717) is 17.3 Å². The molecule has 2 aromatic carbocycles. The standard InChI is InChI=1S/C20H19FN4O2S2/c1-27-15-6-4-5-14(11-15)25-13-22-23-20(25)29-12-18(26)24-9-10-28-19(24)16-7-2-3-8-17(16)21/h2-8,11,13,19H,9-10,12H2,1H3/t19-/m0/s1. The average molecular weight is 431 g/mol. The second kappa shape index (κ2) is 8.87. The predicted octanol–water partition coefficient (Wildman–Crippen LogP) is 3.78. The van der Waals surface area contributed by atoms with E-state index in [-0.39, 0.29) is 22.9 Å². The molecule has 1 saturated heterocycles. The van der Waals surface area contributed by atoms with Crippen molar-refractivity contribution in [3.05, 3.63) is 66.2 Å². The van der Waals surface area contributed by atoms with Gasteiger partial charge in [0.2, 0.25) is 5.91 Å². The zero-order chi connectivity index (χ0) is 20.2. The lowest BCUT2D eigenvalue weighted by Crippen LogP contribution is -2.32. The van der Waals surface area contributed by atoms with Crippen LogP contribution in [-0.2, 0) is 4.79 Å². The first kappa shape index (κ1) is 19.8. The van der Waals surface area contributed by atoms with Gasteiger partial charge in [0.05, 0.1) is 18.6 Å². The molecule has 4 rings (SSSR count). The topological polar surface area (TPSA) is 60.2 Å². The molecular formula is C20H19FN4O2S2. The van der Waals surface area contributed by atoms with Crippen LogP contribution in [0.2, 0.25) is 0 Å². The van der Waals surface area contributed by atoms with Crippen molar-refractivity contribution < 1.29 is 13.9 Å². The number of methoxy groups -OCH3 is 1. The Morgan fingerprint density at radius 2 is 2.17 bits per heavy atom. The highest BCUT2D eigenvalue weighted by atomic mass is 32.2. The summed E-state index contributed by atoms with van der Waals surface area (Å²) in [7, 11) is 1.61. The van der Waals surface area contributed by atoms with Gasteiger partial charge in [0.25, 0.3) is 0 Å². The van der Waals surface area contributed by atoms with E-state index in [1.807, 2.05) is 28.8 Å². The van der Waals surface area contributed by atoms with Gasteiger partial charge in [-0.2, -0.15) is 0 Å². The molecule has 1 aliphatic rings. The lowest BCUT2D eigenvalue weighted by molar-refractivity contribution is -0.128. The van der Waals surface area contributed by atoms with Crippen molar-refractivity contribution in [1.29, 1.82) is 0 Å². The number of thioether (sulfide) groups is 2. The van der Waals surface area contributed by atoms with E-state index < -0.39 is 0 Å². The second-order valence-electron chi connectivity index (χ2n) is 6.31. The molecule has 0 radical (unpaired) electrons. The first-order valence-electron chi connectivity index (χ1n) is 9.00. The van der Waals surface area contributed by atoms with Crippen LogP contribution >= 0.6 is 23.5 Å². The Bertz CT molecular complexity index is 1010. The fraction of sp³-hybridized carbons (Fsp3) is 0.250. The smallest absolute Gasteiger partial charge is 0.234 e. The van der Waals surface area contributed by atoms with E-state index in [2.05, 4.69) is 10.2 Å². The van der Waals surface area contributed by atoms with Gasteiger partial charge in [-0.05, 0) is 18.2 Å². The van der Waals surface area contributed by atoms with Crippen molar-refractivity contribution in [1.82, 2.24) is 19.7 Å². The van der Waals surface area contributed by atoms with Gasteiger partial charge in [-0.1, -0.05) is 36.0 Å².